The van der Waals surface area contributed by atoms with Crippen LogP contribution in [0.15, 0.2) is 59.3 Å². The predicted octanol–water partition coefficient (Wildman–Crippen LogP) is 3.81. The van der Waals surface area contributed by atoms with E-state index in [2.05, 4.69) is 20.4 Å². The molecule has 2 amide bonds. The average Bonchev–Trinajstić information content (AvgIpc) is 3.51. The molecule has 1 saturated heterocycles. The van der Waals surface area contributed by atoms with Crippen LogP contribution >= 0.6 is 0 Å². The first-order chi connectivity index (χ1) is 17.0. The minimum Gasteiger partial charge on any atom is -0.361 e. The van der Waals surface area contributed by atoms with Crippen molar-refractivity contribution < 1.29 is 18.5 Å². The van der Waals surface area contributed by atoms with E-state index in [0.29, 0.717) is 36.8 Å². The summed E-state index contributed by atoms with van der Waals surface area (Å²) in [7, 11) is 0. The van der Waals surface area contributed by atoms with Crippen molar-refractivity contribution in [1.29, 1.82) is 0 Å². The number of fused-ring (bicyclic) bond motifs is 1. The standard InChI is InChI=1S/C26H26FN5O3/c1-16(33)29-23(13-19-14-28-22-10-3-2-9-21(19)22)26(34)32-11-5-7-18(15-32)25-30-24(31-35-25)17-6-4-8-20(27)12-17/h2-4,6,8-10,12,14,18,23,28H,5,7,11,13,15H2,1H3,(H,29,33). The van der Waals surface area contributed by atoms with Crippen LogP contribution in [0, 0.1) is 5.82 Å². The number of likely N-dealkylation sites (tertiary alicyclic amines) is 1. The van der Waals surface area contributed by atoms with E-state index >= 15 is 0 Å². The molecule has 0 aliphatic carbocycles. The molecule has 5 rings (SSSR count). The molecule has 1 fully saturated rings. The maximum atomic E-state index is 13.6. The lowest BCUT2D eigenvalue weighted by molar-refractivity contribution is -0.137. The zero-order chi connectivity index (χ0) is 24.4. The molecule has 0 radical (unpaired) electrons. The fourth-order valence-corrected chi connectivity index (χ4v) is 4.71. The number of hydrogen-bond acceptors (Lipinski definition) is 5. The van der Waals surface area contributed by atoms with Crippen LogP contribution < -0.4 is 5.32 Å². The summed E-state index contributed by atoms with van der Waals surface area (Å²) in [5.41, 5.74) is 2.49. The summed E-state index contributed by atoms with van der Waals surface area (Å²) >= 11 is 0. The quantitative estimate of drug-likeness (QED) is 0.441. The molecule has 0 bridgehead atoms. The summed E-state index contributed by atoms with van der Waals surface area (Å²) in [5, 5.41) is 7.87. The third kappa shape index (κ3) is 4.94. The Hall–Kier alpha value is -4.01. The molecule has 3 heterocycles. The molecule has 2 atom stereocenters. The summed E-state index contributed by atoms with van der Waals surface area (Å²) in [5.74, 6) is -0.155. The molecular weight excluding hydrogens is 449 g/mol. The van der Waals surface area contributed by atoms with E-state index in [-0.39, 0.29) is 23.5 Å². The fraction of sp³-hybridized carbons (Fsp3) is 0.308. The first kappa shape index (κ1) is 22.8. The predicted molar refractivity (Wildman–Crippen MR) is 128 cm³/mol. The minimum absolute atomic E-state index is 0.131. The largest absolute Gasteiger partial charge is 0.361 e. The van der Waals surface area contributed by atoms with Gasteiger partial charge in [-0.2, -0.15) is 4.98 Å². The van der Waals surface area contributed by atoms with Gasteiger partial charge in [-0.3, -0.25) is 9.59 Å². The Morgan fingerprint density at radius 1 is 1.26 bits per heavy atom. The highest BCUT2D eigenvalue weighted by Crippen LogP contribution is 2.28. The Morgan fingerprint density at radius 3 is 2.94 bits per heavy atom. The molecule has 2 aromatic heterocycles. The number of aromatic nitrogens is 3. The summed E-state index contributed by atoms with van der Waals surface area (Å²) in [4.78, 5) is 34.9. The number of carbonyl (C=O) groups is 2. The number of nitrogens with one attached hydrogen (secondary N) is 2. The molecule has 0 saturated carbocycles. The number of para-hydroxylation sites is 1. The second kappa shape index (κ2) is 9.69. The van der Waals surface area contributed by atoms with Crippen LogP contribution in [-0.4, -0.2) is 51.0 Å². The number of amides is 2. The van der Waals surface area contributed by atoms with Crippen LogP contribution in [0.1, 0.15) is 37.1 Å². The smallest absolute Gasteiger partial charge is 0.245 e. The second-order valence-corrected chi connectivity index (χ2v) is 8.91. The molecular formula is C26H26FN5O3. The van der Waals surface area contributed by atoms with Crippen LogP contribution in [0.25, 0.3) is 22.3 Å². The summed E-state index contributed by atoms with van der Waals surface area (Å²) in [6, 6.07) is 13.2. The van der Waals surface area contributed by atoms with E-state index in [1.54, 1.807) is 17.0 Å². The van der Waals surface area contributed by atoms with Gasteiger partial charge in [-0.05, 0) is 36.6 Å². The van der Waals surface area contributed by atoms with Crippen molar-refractivity contribution in [3.05, 3.63) is 72.0 Å². The number of rotatable bonds is 6. The Bertz CT molecular complexity index is 1360. The minimum atomic E-state index is -0.684. The van der Waals surface area contributed by atoms with Crippen molar-refractivity contribution in [3.8, 4) is 11.4 Å². The van der Waals surface area contributed by atoms with Gasteiger partial charge in [0.15, 0.2) is 0 Å². The maximum absolute atomic E-state index is 13.6. The molecule has 180 valence electrons. The summed E-state index contributed by atoms with van der Waals surface area (Å²) in [6.45, 7) is 2.42. The van der Waals surface area contributed by atoms with Gasteiger partial charge in [0.2, 0.25) is 23.5 Å². The fourth-order valence-electron chi connectivity index (χ4n) is 4.71. The highest BCUT2D eigenvalue weighted by molar-refractivity contribution is 5.89. The molecule has 2 N–H and O–H groups in total. The van der Waals surface area contributed by atoms with Crippen LogP contribution in [0.2, 0.25) is 0 Å². The Kier molecular flexibility index (Phi) is 6.31. The van der Waals surface area contributed by atoms with Gasteiger partial charge in [-0.25, -0.2) is 4.39 Å². The summed E-state index contributed by atoms with van der Waals surface area (Å²) in [6.07, 6.45) is 3.84. The highest BCUT2D eigenvalue weighted by atomic mass is 19.1. The van der Waals surface area contributed by atoms with E-state index in [0.717, 1.165) is 29.3 Å². The number of H-pyrrole nitrogens is 1. The second-order valence-electron chi connectivity index (χ2n) is 8.91. The average molecular weight is 476 g/mol. The van der Waals surface area contributed by atoms with Gasteiger partial charge in [0, 0.05) is 49.1 Å². The van der Waals surface area contributed by atoms with Crippen LogP contribution in [0.4, 0.5) is 4.39 Å². The molecule has 1 aliphatic rings. The Balaban J connectivity index is 1.32. The molecule has 8 nitrogen and oxygen atoms in total. The molecule has 9 heteroatoms. The van der Waals surface area contributed by atoms with E-state index in [4.69, 9.17) is 4.52 Å². The lowest BCUT2D eigenvalue weighted by Gasteiger charge is -2.33. The number of nitrogens with zero attached hydrogens (tertiary/aromatic N) is 3. The summed E-state index contributed by atoms with van der Waals surface area (Å²) < 4.78 is 19.1. The first-order valence-corrected chi connectivity index (χ1v) is 11.7. The lowest BCUT2D eigenvalue weighted by Crippen LogP contribution is -2.51. The third-order valence-electron chi connectivity index (χ3n) is 6.38. The first-order valence-electron chi connectivity index (χ1n) is 11.7. The van der Waals surface area contributed by atoms with Gasteiger partial charge in [0.25, 0.3) is 0 Å². The van der Waals surface area contributed by atoms with Gasteiger partial charge in [0.05, 0.1) is 5.92 Å². The number of aromatic amines is 1. The molecule has 4 aromatic rings. The van der Waals surface area contributed by atoms with E-state index in [9.17, 15) is 14.0 Å². The molecule has 0 spiro atoms. The lowest BCUT2D eigenvalue weighted by atomic mass is 9.96. The topological polar surface area (TPSA) is 104 Å². The monoisotopic (exact) mass is 475 g/mol. The van der Waals surface area contributed by atoms with E-state index in [1.165, 1.54) is 19.1 Å². The van der Waals surface area contributed by atoms with Crippen LogP contribution in [0.3, 0.4) is 0 Å². The van der Waals surface area contributed by atoms with E-state index < -0.39 is 6.04 Å². The number of halogens is 1. The van der Waals surface area contributed by atoms with Crippen molar-refractivity contribution in [2.45, 2.75) is 38.1 Å². The zero-order valence-electron chi connectivity index (χ0n) is 19.3. The van der Waals surface area contributed by atoms with Crippen molar-refractivity contribution in [1.82, 2.24) is 25.3 Å². The van der Waals surface area contributed by atoms with Gasteiger partial charge in [0.1, 0.15) is 11.9 Å². The van der Waals surface area contributed by atoms with Crippen LogP contribution in [0.5, 0.6) is 0 Å². The van der Waals surface area contributed by atoms with Crippen molar-refractivity contribution in [2.75, 3.05) is 13.1 Å². The molecule has 2 unspecified atom stereocenters. The molecule has 1 aliphatic heterocycles. The van der Waals surface area contributed by atoms with Crippen molar-refractivity contribution >= 4 is 22.7 Å². The molecule has 2 aromatic carbocycles. The van der Waals surface area contributed by atoms with Crippen LogP contribution in [-0.2, 0) is 16.0 Å². The number of piperidine rings is 1. The third-order valence-corrected chi connectivity index (χ3v) is 6.38. The SMILES string of the molecule is CC(=O)NC(Cc1c[nH]c2ccccc12)C(=O)N1CCCC(c2nc(-c3cccc(F)c3)no2)C1. The normalized spacial score (nSPS) is 16.9. The Morgan fingerprint density at radius 2 is 2.11 bits per heavy atom. The Labute approximate surface area is 201 Å². The maximum Gasteiger partial charge on any atom is 0.245 e. The van der Waals surface area contributed by atoms with Gasteiger partial charge < -0.3 is 19.7 Å². The van der Waals surface area contributed by atoms with Gasteiger partial charge >= 0.3 is 0 Å². The number of hydrogen-bond donors (Lipinski definition) is 2. The highest BCUT2D eigenvalue weighted by Gasteiger charge is 2.33. The van der Waals surface area contributed by atoms with Gasteiger partial charge in [-0.1, -0.05) is 35.5 Å². The number of carbonyl (C=O) groups excluding carboxylic acids is 2. The van der Waals surface area contributed by atoms with Crippen molar-refractivity contribution in [3.63, 3.8) is 0 Å². The number of benzene rings is 2. The zero-order valence-corrected chi connectivity index (χ0v) is 19.3. The van der Waals surface area contributed by atoms with Gasteiger partial charge in [-0.15, -0.1) is 0 Å². The van der Waals surface area contributed by atoms with E-state index in [1.807, 2.05) is 30.5 Å². The van der Waals surface area contributed by atoms with Crippen molar-refractivity contribution in [2.24, 2.45) is 0 Å². The molecule has 35 heavy (non-hydrogen) atoms.